The molecule has 2 aromatic rings. The molecule has 0 atom stereocenters. The Balaban J connectivity index is 0.000000231. The monoisotopic (exact) mass is 714 g/mol. The number of nitro groups is 1. The molecule has 0 aliphatic heterocycles. The first-order chi connectivity index (χ1) is 19.9. The molecule has 2 aliphatic carbocycles. The van der Waals surface area contributed by atoms with E-state index in [4.69, 9.17) is 5.73 Å². The number of rotatable bonds is 9. The van der Waals surface area contributed by atoms with Crippen LogP contribution >= 0.6 is 31.9 Å². The molecule has 10 heteroatoms. The Bertz CT molecular complexity index is 1190. The van der Waals surface area contributed by atoms with Crippen LogP contribution in [0.5, 0.6) is 0 Å². The van der Waals surface area contributed by atoms with E-state index in [0.29, 0.717) is 40.3 Å². The van der Waals surface area contributed by atoms with E-state index in [1.165, 1.54) is 50.7 Å². The SMILES string of the molecule is CC(C)CN(c1cc(F)c(Br)cc1N)C1CCCCC1.CC(C)CN(c1cc(F)c(Br)cc1[N+](=O)[O-])C1CCCCC1. The molecule has 42 heavy (non-hydrogen) atoms. The van der Waals surface area contributed by atoms with Gasteiger partial charge in [0.05, 0.1) is 25.2 Å². The fourth-order valence-corrected chi connectivity index (χ4v) is 6.86. The molecule has 2 fully saturated rings. The lowest BCUT2D eigenvalue weighted by Gasteiger charge is -2.38. The summed E-state index contributed by atoms with van der Waals surface area (Å²) in [5, 5.41) is 11.4. The van der Waals surface area contributed by atoms with E-state index in [9.17, 15) is 18.9 Å². The minimum atomic E-state index is -0.454. The van der Waals surface area contributed by atoms with E-state index < -0.39 is 10.7 Å². The Morgan fingerprint density at radius 2 is 1.19 bits per heavy atom. The van der Waals surface area contributed by atoms with Gasteiger partial charge in [0.1, 0.15) is 17.3 Å². The number of anilines is 3. The van der Waals surface area contributed by atoms with Gasteiger partial charge in [0, 0.05) is 43.4 Å². The molecule has 0 amide bonds. The summed E-state index contributed by atoms with van der Waals surface area (Å²) in [6, 6.07) is 6.60. The molecular formula is C32H46Br2F2N4O2. The number of hydrogen-bond acceptors (Lipinski definition) is 5. The summed E-state index contributed by atoms with van der Waals surface area (Å²) >= 11 is 6.25. The van der Waals surface area contributed by atoms with Gasteiger partial charge in [-0.15, -0.1) is 0 Å². The lowest BCUT2D eigenvalue weighted by Crippen LogP contribution is -2.39. The second-order valence-corrected chi connectivity index (χ2v) is 14.2. The fraction of sp³-hybridized carbons (Fsp3) is 0.625. The van der Waals surface area contributed by atoms with Crippen molar-refractivity contribution in [3.63, 3.8) is 0 Å². The lowest BCUT2D eigenvalue weighted by atomic mass is 9.93. The van der Waals surface area contributed by atoms with E-state index in [2.05, 4.69) is 69.4 Å². The van der Waals surface area contributed by atoms with Gasteiger partial charge >= 0.3 is 0 Å². The molecule has 0 heterocycles. The molecule has 6 nitrogen and oxygen atoms in total. The van der Waals surface area contributed by atoms with Crippen molar-refractivity contribution < 1.29 is 13.7 Å². The van der Waals surface area contributed by atoms with Gasteiger partial charge in [-0.05, 0) is 75.4 Å². The summed E-state index contributed by atoms with van der Waals surface area (Å²) in [5.74, 6) is 0.195. The van der Waals surface area contributed by atoms with Crippen LogP contribution in [-0.4, -0.2) is 30.1 Å². The highest BCUT2D eigenvalue weighted by Gasteiger charge is 2.29. The van der Waals surface area contributed by atoms with Gasteiger partial charge in [-0.3, -0.25) is 10.1 Å². The van der Waals surface area contributed by atoms with Crippen molar-refractivity contribution in [2.45, 2.75) is 104 Å². The number of hydrogen-bond donors (Lipinski definition) is 1. The van der Waals surface area contributed by atoms with Crippen molar-refractivity contribution in [1.29, 1.82) is 0 Å². The number of halogens is 4. The van der Waals surface area contributed by atoms with Crippen LogP contribution in [0, 0.1) is 33.6 Å². The average Bonchev–Trinajstić information content (AvgIpc) is 2.95. The Morgan fingerprint density at radius 1 is 0.786 bits per heavy atom. The first-order valence-corrected chi connectivity index (χ1v) is 16.9. The number of nitrogens with zero attached hydrogens (tertiary/aromatic N) is 3. The summed E-state index contributed by atoms with van der Waals surface area (Å²) < 4.78 is 28.5. The number of nitro benzene ring substituents is 1. The van der Waals surface area contributed by atoms with Crippen molar-refractivity contribution in [3.8, 4) is 0 Å². The van der Waals surface area contributed by atoms with Gasteiger partial charge in [0.2, 0.25) is 0 Å². The van der Waals surface area contributed by atoms with Gasteiger partial charge in [-0.2, -0.15) is 0 Å². The fourth-order valence-electron chi connectivity index (χ4n) is 6.16. The van der Waals surface area contributed by atoms with E-state index in [1.807, 2.05) is 0 Å². The topological polar surface area (TPSA) is 75.6 Å². The van der Waals surface area contributed by atoms with E-state index in [-0.39, 0.29) is 22.0 Å². The molecule has 234 valence electrons. The quantitative estimate of drug-likeness (QED) is 0.159. The summed E-state index contributed by atoms with van der Waals surface area (Å²) in [6.07, 6.45) is 11.7. The molecule has 0 saturated heterocycles. The number of nitrogen functional groups attached to an aromatic ring is 1. The maximum Gasteiger partial charge on any atom is 0.293 e. The largest absolute Gasteiger partial charge is 0.397 e. The zero-order valence-corrected chi connectivity index (χ0v) is 28.5. The van der Waals surface area contributed by atoms with Crippen LogP contribution in [0.15, 0.2) is 33.2 Å². The summed E-state index contributed by atoms with van der Waals surface area (Å²) in [5.41, 5.74) is 8.03. The number of benzene rings is 2. The maximum absolute atomic E-state index is 14.0. The van der Waals surface area contributed by atoms with Crippen LogP contribution in [0.25, 0.3) is 0 Å². The highest BCUT2D eigenvalue weighted by atomic mass is 79.9. The molecule has 2 aliphatic rings. The van der Waals surface area contributed by atoms with Gasteiger partial charge in [0.25, 0.3) is 5.69 Å². The van der Waals surface area contributed by atoms with Crippen molar-refractivity contribution >= 4 is 54.6 Å². The Hall–Kier alpha value is -1.94. The molecule has 2 aromatic carbocycles. The molecule has 0 bridgehead atoms. The van der Waals surface area contributed by atoms with Crippen LogP contribution < -0.4 is 15.5 Å². The minimum absolute atomic E-state index is 0.0282. The standard InChI is InChI=1S/C16H22BrFN2O2.C16H24BrFN2/c1-11(2)10-19(12-6-4-3-5-7-12)15-9-14(18)13(17)8-16(15)20(21)22;1-11(2)10-20(12-6-4-3-5-7-12)16-9-14(18)13(17)8-15(16)19/h8-9,11-12H,3-7,10H2,1-2H3;8-9,11-12H,3-7,10,19H2,1-2H3. The zero-order chi connectivity index (χ0) is 31.0. The van der Waals surface area contributed by atoms with Gasteiger partial charge < -0.3 is 15.5 Å². The predicted molar refractivity (Wildman–Crippen MR) is 177 cm³/mol. The Labute approximate surface area is 266 Å². The average molecular weight is 717 g/mol. The minimum Gasteiger partial charge on any atom is -0.397 e. The van der Waals surface area contributed by atoms with E-state index in [0.717, 1.165) is 37.9 Å². The highest BCUT2D eigenvalue weighted by Crippen LogP contribution is 2.38. The molecule has 4 rings (SSSR count). The molecule has 0 spiro atoms. The second kappa shape index (κ2) is 16.2. The zero-order valence-electron chi connectivity index (χ0n) is 25.4. The van der Waals surface area contributed by atoms with Crippen LogP contribution in [-0.2, 0) is 0 Å². The predicted octanol–water partition coefficient (Wildman–Crippen LogP) is 10.3. The first-order valence-electron chi connectivity index (χ1n) is 15.3. The third-order valence-corrected chi connectivity index (χ3v) is 9.27. The third kappa shape index (κ3) is 9.53. The normalized spacial score (nSPS) is 16.3. The maximum atomic E-state index is 14.0. The molecule has 0 aromatic heterocycles. The van der Waals surface area contributed by atoms with E-state index >= 15 is 0 Å². The number of nitrogens with two attached hydrogens (primary N) is 1. The van der Waals surface area contributed by atoms with Crippen molar-refractivity contribution in [2.24, 2.45) is 11.8 Å². The molecular weight excluding hydrogens is 670 g/mol. The Kier molecular flexibility index (Phi) is 13.3. The van der Waals surface area contributed by atoms with Gasteiger partial charge in [-0.25, -0.2) is 8.78 Å². The van der Waals surface area contributed by atoms with E-state index in [1.54, 1.807) is 12.1 Å². The van der Waals surface area contributed by atoms with Crippen molar-refractivity contribution in [2.75, 3.05) is 28.6 Å². The van der Waals surface area contributed by atoms with Crippen LogP contribution in [0.2, 0.25) is 0 Å². The lowest BCUT2D eigenvalue weighted by molar-refractivity contribution is -0.384. The van der Waals surface area contributed by atoms with Crippen molar-refractivity contribution in [1.82, 2.24) is 0 Å². The molecule has 2 N–H and O–H groups in total. The highest BCUT2D eigenvalue weighted by molar-refractivity contribution is 9.10. The van der Waals surface area contributed by atoms with Crippen LogP contribution in [0.1, 0.15) is 91.9 Å². The van der Waals surface area contributed by atoms with Gasteiger partial charge in [0.15, 0.2) is 0 Å². The summed E-state index contributed by atoms with van der Waals surface area (Å²) in [4.78, 5) is 15.4. The first kappa shape index (κ1) is 34.5. The molecule has 2 saturated carbocycles. The smallest absolute Gasteiger partial charge is 0.293 e. The molecule has 0 radical (unpaired) electrons. The summed E-state index contributed by atoms with van der Waals surface area (Å²) in [6.45, 7) is 10.2. The van der Waals surface area contributed by atoms with Crippen LogP contribution in [0.4, 0.5) is 31.5 Å². The molecule has 0 unspecified atom stereocenters. The van der Waals surface area contributed by atoms with Crippen molar-refractivity contribution in [3.05, 3.63) is 55.0 Å². The Morgan fingerprint density at radius 3 is 1.62 bits per heavy atom. The van der Waals surface area contributed by atoms with Gasteiger partial charge in [-0.1, -0.05) is 66.2 Å². The summed E-state index contributed by atoms with van der Waals surface area (Å²) in [7, 11) is 0. The third-order valence-electron chi connectivity index (χ3n) is 8.06. The van der Waals surface area contributed by atoms with Crippen LogP contribution in [0.3, 0.4) is 0 Å². The second-order valence-electron chi connectivity index (χ2n) is 12.5.